The summed E-state index contributed by atoms with van der Waals surface area (Å²) in [5.41, 5.74) is 0.388. The molecule has 1 aliphatic heterocycles. The van der Waals surface area contributed by atoms with E-state index in [0.717, 1.165) is 20.8 Å². The standard InChI is InChI=1S/C21H23NO10/c1-11(23)27-10-17-18(28-12(2)24)19(29-13(3)25)20(30-14(4)26)21(32-17)31-16-7-5-15(9-22)6-8-16/h5-8,17-21H,10H2,1-4H3/t17-,18+,19+,20-,21?/m1/s1. The first-order valence-corrected chi connectivity index (χ1v) is 9.58. The van der Waals surface area contributed by atoms with E-state index in [2.05, 4.69) is 0 Å². The highest BCUT2D eigenvalue weighted by atomic mass is 16.7. The zero-order valence-corrected chi connectivity index (χ0v) is 17.9. The molecule has 1 aromatic carbocycles. The maximum atomic E-state index is 11.8. The maximum Gasteiger partial charge on any atom is 0.303 e. The SMILES string of the molecule is CC(=O)OC[C@H]1OC(Oc2ccc(C#N)cc2)[C@H](OC(C)=O)[C@@H](OC(C)=O)[C@H]1OC(C)=O. The van der Waals surface area contributed by atoms with Gasteiger partial charge in [0.15, 0.2) is 12.2 Å². The lowest BCUT2D eigenvalue weighted by atomic mass is 9.98. The van der Waals surface area contributed by atoms with E-state index in [0.29, 0.717) is 5.56 Å². The minimum Gasteiger partial charge on any atom is -0.463 e. The van der Waals surface area contributed by atoms with Gasteiger partial charge in [0.25, 0.3) is 0 Å². The van der Waals surface area contributed by atoms with Gasteiger partial charge in [0, 0.05) is 27.7 Å². The van der Waals surface area contributed by atoms with Crippen molar-refractivity contribution < 1.29 is 47.6 Å². The molecule has 11 nitrogen and oxygen atoms in total. The molecule has 5 atom stereocenters. The van der Waals surface area contributed by atoms with E-state index in [4.69, 9.17) is 33.7 Å². The summed E-state index contributed by atoms with van der Waals surface area (Å²) < 4.78 is 32.5. The van der Waals surface area contributed by atoms with Crippen molar-refractivity contribution in [3.63, 3.8) is 0 Å². The molecular weight excluding hydrogens is 426 g/mol. The Hall–Kier alpha value is -3.65. The number of nitrogens with zero attached hydrogens (tertiary/aromatic N) is 1. The minimum atomic E-state index is -1.33. The van der Waals surface area contributed by atoms with Crippen molar-refractivity contribution in [2.24, 2.45) is 0 Å². The van der Waals surface area contributed by atoms with Gasteiger partial charge in [-0.15, -0.1) is 0 Å². The molecule has 32 heavy (non-hydrogen) atoms. The number of esters is 4. The number of nitriles is 1. The van der Waals surface area contributed by atoms with Crippen molar-refractivity contribution >= 4 is 23.9 Å². The minimum absolute atomic E-state index is 0.255. The van der Waals surface area contributed by atoms with E-state index >= 15 is 0 Å². The van der Waals surface area contributed by atoms with E-state index in [1.54, 1.807) is 0 Å². The van der Waals surface area contributed by atoms with Crippen molar-refractivity contribution in [1.29, 1.82) is 5.26 Å². The van der Waals surface area contributed by atoms with Gasteiger partial charge in [-0.2, -0.15) is 5.26 Å². The molecule has 11 heteroatoms. The zero-order valence-electron chi connectivity index (χ0n) is 17.9. The highest BCUT2D eigenvalue weighted by molar-refractivity contribution is 5.68. The number of carbonyl (C=O) groups is 4. The molecule has 2 rings (SSSR count). The third kappa shape index (κ3) is 6.95. The molecule has 0 aromatic heterocycles. The number of benzene rings is 1. The van der Waals surface area contributed by atoms with E-state index in [-0.39, 0.29) is 12.4 Å². The van der Waals surface area contributed by atoms with Crippen molar-refractivity contribution in [2.45, 2.75) is 58.4 Å². The van der Waals surface area contributed by atoms with E-state index < -0.39 is 54.6 Å². The summed E-state index contributed by atoms with van der Waals surface area (Å²) in [7, 11) is 0. The van der Waals surface area contributed by atoms with Crippen LogP contribution >= 0.6 is 0 Å². The Balaban J connectivity index is 2.43. The zero-order chi connectivity index (χ0) is 23.8. The molecule has 1 heterocycles. The van der Waals surface area contributed by atoms with Crippen LogP contribution in [0.25, 0.3) is 0 Å². The Labute approximate surface area is 184 Å². The predicted molar refractivity (Wildman–Crippen MR) is 104 cm³/mol. The lowest BCUT2D eigenvalue weighted by molar-refractivity contribution is -0.288. The summed E-state index contributed by atoms with van der Waals surface area (Å²) in [5, 5.41) is 8.95. The molecule has 0 bridgehead atoms. The van der Waals surface area contributed by atoms with Crippen LogP contribution in [0.4, 0.5) is 0 Å². The van der Waals surface area contributed by atoms with Crippen LogP contribution in [0.15, 0.2) is 24.3 Å². The fourth-order valence-electron chi connectivity index (χ4n) is 3.03. The lowest BCUT2D eigenvalue weighted by Gasteiger charge is -2.43. The molecule has 0 saturated carbocycles. The first-order valence-electron chi connectivity index (χ1n) is 9.58. The van der Waals surface area contributed by atoms with Gasteiger partial charge in [-0.25, -0.2) is 0 Å². The third-order valence-electron chi connectivity index (χ3n) is 4.18. The Bertz CT molecular complexity index is 891. The van der Waals surface area contributed by atoms with E-state index in [1.165, 1.54) is 31.2 Å². The second kappa shape index (κ2) is 11.1. The quantitative estimate of drug-likeness (QED) is 0.434. The molecule has 1 aromatic rings. The van der Waals surface area contributed by atoms with Crippen LogP contribution in [0.2, 0.25) is 0 Å². The molecule has 0 aliphatic carbocycles. The van der Waals surface area contributed by atoms with Gasteiger partial charge >= 0.3 is 23.9 Å². The van der Waals surface area contributed by atoms with E-state index in [9.17, 15) is 19.2 Å². The third-order valence-corrected chi connectivity index (χ3v) is 4.18. The molecular formula is C21H23NO10. The smallest absolute Gasteiger partial charge is 0.303 e. The van der Waals surface area contributed by atoms with Crippen molar-refractivity contribution in [1.82, 2.24) is 0 Å². The largest absolute Gasteiger partial charge is 0.463 e. The van der Waals surface area contributed by atoms with Crippen LogP contribution in [0.1, 0.15) is 33.3 Å². The highest BCUT2D eigenvalue weighted by Gasteiger charge is 2.53. The van der Waals surface area contributed by atoms with Crippen molar-refractivity contribution in [3.8, 4) is 11.8 Å². The second-order valence-electron chi connectivity index (χ2n) is 6.82. The van der Waals surface area contributed by atoms with Gasteiger partial charge in [-0.3, -0.25) is 19.2 Å². The predicted octanol–water partition coefficient (Wildman–Crippen LogP) is 1.02. The monoisotopic (exact) mass is 449 g/mol. The molecule has 172 valence electrons. The molecule has 1 saturated heterocycles. The lowest BCUT2D eigenvalue weighted by Crippen LogP contribution is -2.63. The average Bonchev–Trinajstić information content (AvgIpc) is 2.70. The first kappa shape index (κ1) is 24.6. The first-order chi connectivity index (χ1) is 15.1. The van der Waals surface area contributed by atoms with Crippen LogP contribution < -0.4 is 4.74 Å². The molecule has 1 fully saturated rings. The van der Waals surface area contributed by atoms with Crippen molar-refractivity contribution in [2.75, 3.05) is 6.61 Å². The Morgan fingerprint density at radius 3 is 1.88 bits per heavy atom. The fraction of sp³-hybridized carbons (Fsp3) is 0.476. The van der Waals surface area contributed by atoms with Crippen LogP contribution in [-0.4, -0.2) is 61.2 Å². The fourth-order valence-corrected chi connectivity index (χ4v) is 3.03. The van der Waals surface area contributed by atoms with Gasteiger partial charge in [0.1, 0.15) is 18.5 Å². The van der Waals surface area contributed by atoms with Gasteiger partial charge < -0.3 is 28.4 Å². The number of carbonyl (C=O) groups excluding carboxylic acids is 4. The average molecular weight is 449 g/mol. The van der Waals surface area contributed by atoms with Gasteiger partial charge in [-0.05, 0) is 24.3 Å². The van der Waals surface area contributed by atoms with Crippen molar-refractivity contribution in [3.05, 3.63) is 29.8 Å². The molecule has 0 spiro atoms. The number of ether oxygens (including phenoxy) is 6. The summed E-state index contributed by atoms with van der Waals surface area (Å²) in [4.78, 5) is 46.6. The number of hydrogen-bond donors (Lipinski definition) is 0. The molecule has 0 N–H and O–H groups in total. The van der Waals surface area contributed by atoms with E-state index in [1.807, 2.05) is 6.07 Å². The van der Waals surface area contributed by atoms with Gasteiger partial charge in [-0.1, -0.05) is 0 Å². The van der Waals surface area contributed by atoms with Gasteiger partial charge in [0.05, 0.1) is 11.6 Å². The highest BCUT2D eigenvalue weighted by Crippen LogP contribution is 2.31. The molecule has 0 radical (unpaired) electrons. The maximum absolute atomic E-state index is 11.8. The summed E-state index contributed by atoms with van der Waals surface area (Å²) in [6, 6.07) is 7.96. The number of hydrogen-bond acceptors (Lipinski definition) is 11. The van der Waals surface area contributed by atoms with Gasteiger partial charge in [0.2, 0.25) is 12.4 Å². The van der Waals surface area contributed by atoms with Crippen LogP contribution in [0, 0.1) is 11.3 Å². The summed E-state index contributed by atoms with van der Waals surface area (Å²) in [5.74, 6) is -2.56. The molecule has 1 aliphatic rings. The van der Waals surface area contributed by atoms with Crippen LogP contribution in [0.5, 0.6) is 5.75 Å². The van der Waals surface area contributed by atoms with Crippen LogP contribution in [0.3, 0.4) is 0 Å². The summed E-state index contributed by atoms with van der Waals surface area (Å²) >= 11 is 0. The summed E-state index contributed by atoms with van der Waals surface area (Å²) in [6.07, 6.45) is -6.35. The topological polar surface area (TPSA) is 147 Å². The second-order valence-corrected chi connectivity index (χ2v) is 6.82. The summed E-state index contributed by atoms with van der Waals surface area (Å²) in [6.45, 7) is 4.22. The Morgan fingerprint density at radius 1 is 0.844 bits per heavy atom. The molecule has 0 amide bonds. The molecule has 1 unspecified atom stereocenters. The number of rotatable bonds is 7. The Kier molecular flexibility index (Phi) is 8.54. The van der Waals surface area contributed by atoms with Crippen LogP contribution in [-0.2, 0) is 42.9 Å². The normalized spacial score (nSPS) is 24.4. The Morgan fingerprint density at radius 2 is 1.38 bits per heavy atom.